The van der Waals surface area contributed by atoms with Crippen molar-refractivity contribution in [2.75, 3.05) is 0 Å². The first-order valence-corrected chi connectivity index (χ1v) is 10.2. The van der Waals surface area contributed by atoms with Gasteiger partial charge in [-0.05, 0) is 23.6 Å². The molecule has 1 heterocycles. The van der Waals surface area contributed by atoms with Crippen molar-refractivity contribution >= 4 is 23.0 Å². The number of hydrazone groups is 1. The second-order valence-corrected chi connectivity index (χ2v) is 7.91. The quantitative estimate of drug-likeness (QED) is 0.390. The summed E-state index contributed by atoms with van der Waals surface area (Å²) in [5.74, 6) is -0.175. The van der Waals surface area contributed by atoms with Gasteiger partial charge in [-0.3, -0.25) is 4.79 Å². The molecule has 148 valence electrons. The van der Waals surface area contributed by atoms with E-state index < -0.39 is 0 Å². The number of para-hydroxylation sites is 1. The molecule has 1 unspecified atom stereocenters. The molecular weight excluding hydrogens is 370 g/mol. The van der Waals surface area contributed by atoms with Crippen LogP contribution in [0.2, 0.25) is 0 Å². The number of aromatic nitrogens is 1. The van der Waals surface area contributed by atoms with E-state index in [0.29, 0.717) is 0 Å². The third-order valence-corrected chi connectivity index (χ3v) is 6.16. The number of nitrogens with zero attached hydrogens (tertiary/aromatic N) is 2. The highest BCUT2D eigenvalue weighted by atomic mass is 16.2. The maximum Gasteiger partial charge on any atom is 0.244 e. The number of aryl methyl sites for hydroxylation is 1. The van der Waals surface area contributed by atoms with Gasteiger partial charge >= 0.3 is 0 Å². The molecule has 4 nitrogen and oxygen atoms in total. The molecule has 4 heteroatoms. The van der Waals surface area contributed by atoms with E-state index in [-0.39, 0.29) is 17.2 Å². The second kappa shape index (κ2) is 7.30. The molecule has 5 rings (SSSR count). The molecule has 1 atom stereocenters. The van der Waals surface area contributed by atoms with E-state index in [9.17, 15) is 4.79 Å². The number of benzene rings is 3. The smallest absolute Gasteiger partial charge is 0.244 e. The molecule has 0 aliphatic heterocycles. The topological polar surface area (TPSA) is 46.4 Å². The molecule has 30 heavy (non-hydrogen) atoms. The van der Waals surface area contributed by atoms with Crippen LogP contribution in [0.25, 0.3) is 10.9 Å². The van der Waals surface area contributed by atoms with Crippen LogP contribution in [0.4, 0.5) is 0 Å². The molecular formula is C26H23N3O. The molecule has 1 fully saturated rings. The van der Waals surface area contributed by atoms with E-state index >= 15 is 0 Å². The summed E-state index contributed by atoms with van der Waals surface area (Å²) < 4.78 is 2.06. The normalized spacial score (nSPS) is 17.3. The highest BCUT2D eigenvalue weighted by Crippen LogP contribution is 2.58. The van der Waals surface area contributed by atoms with Crippen molar-refractivity contribution in [3.05, 3.63) is 108 Å². The number of carbonyl (C=O) groups excluding carboxylic acids is 1. The zero-order valence-corrected chi connectivity index (χ0v) is 16.8. The zero-order chi connectivity index (χ0) is 20.6. The van der Waals surface area contributed by atoms with Crippen LogP contribution in [-0.2, 0) is 17.3 Å². The number of hydrogen-bond acceptors (Lipinski definition) is 2. The zero-order valence-electron chi connectivity index (χ0n) is 16.8. The number of nitrogens with one attached hydrogen (secondary N) is 1. The van der Waals surface area contributed by atoms with Gasteiger partial charge in [-0.1, -0.05) is 78.9 Å². The Morgan fingerprint density at radius 2 is 1.57 bits per heavy atom. The van der Waals surface area contributed by atoms with Crippen molar-refractivity contribution in [2.45, 2.75) is 11.8 Å². The summed E-state index contributed by atoms with van der Waals surface area (Å²) in [6.07, 6.45) is 4.54. The lowest BCUT2D eigenvalue weighted by Gasteiger charge is -2.18. The van der Waals surface area contributed by atoms with Crippen molar-refractivity contribution in [3.63, 3.8) is 0 Å². The molecule has 1 saturated carbocycles. The summed E-state index contributed by atoms with van der Waals surface area (Å²) in [5, 5.41) is 5.40. The van der Waals surface area contributed by atoms with Gasteiger partial charge in [0.05, 0.1) is 12.1 Å². The van der Waals surface area contributed by atoms with Gasteiger partial charge in [0.25, 0.3) is 0 Å². The Morgan fingerprint density at radius 3 is 2.23 bits per heavy atom. The Labute approximate surface area is 175 Å². The van der Waals surface area contributed by atoms with Crippen molar-refractivity contribution < 1.29 is 4.79 Å². The maximum absolute atomic E-state index is 13.0. The number of carbonyl (C=O) groups is 1. The minimum atomic E-state index is -0.276. The first kappa shape index (κ1) is 18.4. The molecule has 3 aromatic carbocycles. The van der Waals surface area contributed by atoms with Crippen molar-refractivity contribution in [1.82, 2.24) is 9.99 Å². The highest BCUT2D eigenvalue weighted by Gasteiger charge is 2.60. The van der Waals surface area contributed by atoms with Gasteiger partial charge in [0.2, 0.25) is 5.91 Å². The Morgan fingerprint density at radius 1 is 0.967 bits per heavy atom. The molecule has 1 aliphatic carbocycles. The van der Waals surface area contributed by atoms with Crippen LogP contribution in [0.3, 0.4) is 0 Å². The fraction of sp³-hybridized carbons (Fsp3) is 0.154. The first-order chi connectivity index (χ1) is 14.7. The minimum absolute atomic E-state index is 0.0424. The van der Waals surface area contributed by atoms with E-state index in [1.54, 1.807) is 6.21 Å². The summed E-state index contributed by atoms with van der Waals surface area (Å²) >= 11 is 0. The van der Waals surface area contributed by atoms with Crippen LogP contribution >= 0.6 is 0 Å². The summed E-state index contributed by atoms with van der Waals surface area (Å²) in [6, 6.07) is 28.8. The third kappa shape index (κ3) is 3.01. The van der Waals surface area contributed by atoms with E-state index in [2.05, 4.69) is 51.5 Å². The summed E-state index contributed by atoms with van der Waals surface area (Å²) in [6.45, 7) is 0. The number of amides is 1. The van der Waals surface area contributed by atoms with Crippen LogP contribution in [-0.4, -0.2) is 16.7 Å². The summed E-state index contributed by atoms with van der Waals surface area (Å²) in [7, 11) is 2.01. The SMILES string of the molecule is Cn1cc(/C=N/NC(=O)C2CC2(c2ccccc2)c2ccccc2)c2ccccc21. The first-order valence-electron chi connectivity index (χ1n) is 10.2. The minimum Gasteiger partial charge on any atom is -0.350 e. The van der Waals surface area contributed by atoms with Crippen LogP contribution in [0.15, 0.2) is 96.2 Å². The van der Waals surface area contributed by atoms with Gasteiger partial charge in [0.15, 0.2) is 0 Å². The average molecular weight is 393 g/mol. The van der Waals surface area contributed by atoms with Gasteiger partial charge in [0.1, 0.15) is 0 Å². The highest BCUT2D eigenvalue weighted by molar-refractivity contribution is 5.99. The lowest BCUT2D eigenvalue weighted by Crippen LogP contribution is -2.25. The van der Waals surface area contributed by atoms with Crippen LogP contribution in [0, 0.1) is 5.92 Å². The van der Waals surface area contributed by atoms with Crippen molar-refractivity contribution in [1.29, 1.82) is 0 Å². The van der Waals surface area contributed by atoms with E-state index in [0.717, 1.165) is 22.9 Å². The molecule has 0 bridgehead atoms. The van der Waals surface area contributed by atoms with E-state index in [1.807, 2.05) is 61.8 Å². The molecule has 1 amide bonds. The predicted octanol–water partition coefficient (Wildman–Crippen LogP) is 4.63. The van der Waals surface area contributed by atoms with Crippen LogP contribution in [0.1, 0.15) is 23.1 Å². The summed E-state index contributed by atoms with van der Waals surface area (Å²) in [5.41, 5.74) is 6.98. The number of fused-ring (bicyclic) bond motifs is 1. The van der Waals surface area contributed by atoms with Gasteiger partial charge in [-0.25, -0.2) is 5.43 Å². The summed E-state index contributed by atoms with van der Waals surface area (Å²) in [4.78, 5) is 13.0. The Bertz CT molecular complexity index is 1190. The fourth-order valence-electron chi connectivity index (χ4n) is 4.57. The molecule has 1 N–H and O–H groups in total. The molecule has 0 spiro atoms. The standard InChI is InChI=1S/C26H23N3O/c1-29-18-19(22-14-8-9-15-24(22)29)17-27-28-25(30)23-16-26(23,20-10-4-2-5-11-20)21-12-6-3-7-13-21/h2-15,17-18,23H,16H2,1H3,(H,28,30)/b27-17+. The van der Waals surface area contributed by atoms with Crippen LogP contribution < -0.4 is 5.43 Å². The number of rotatable bonds is 5. The van der Waals surface area contributed by atoms with Gasteiger partial charge in [0, 0.05) is 35.1 Å². The van der Waals surface area contributed by atoms with Crippen molar-refractivity contribution in [2.24, 2.45) is 18.1 Å². The number of hydrogen-bond donors (Lipinski definition) is 1. The van der Waals surface area contributed by atoms with E-state index in [4.69, 9.17) is 0 Å². The van der Waals surface area contributed by atoms with Crippen molar-refractivity contribution in [3.8, 4) is 0 Å². The van der Waals surface area contributed by atoms with Crippen LogP contribution in [0.5, 0.6) is 0 Å². The molecule has 0 radical (unpaired) electrons. The molecule has 1 aromatic heterocycles. The molecule has 1 aliphatic rings. The lowest BCUT2D eigenvalue weighted by molar-refractivity contribution is -0.122. The third-order valence-electron chi connectivity index (χ3n) is 6.16. The molecule has 4 aromatic rings. The predicted molar refractivity (Wildman–Crippen MR) is 120 cm³/mol. The fourth-order valence-corrected chi connectivity index (χ4v) is 4.57. The van der Waals surface area contributed by atoms with Gasteiger partial charge in [-0.2, -0.15) is 5.10 Å². The van der Waals surface area contributed by atoms with Gasteiger partial charge < -0.3 is 4.57 Å². The largest absolute Gasteiger partial charge is 0.350 e. The Hall–Kier alpha value is -3.66. The monoisotopic (exact) mass is 393 g/mol. The van der Waals surface area contributed by atoms with E-state index in [1.165, 1.54) is 11.1 Å². The Kier molecular flexibility index (Phi) is 4.47. The molecule has 0 saturated heterocycles. The second-order valence-electron chi connectivity index (χ2n) is 7.91. The lowest BCUT2D eigenvalue weighted by atomic mass is 9.85. The maximum atomic E-state index is 13.0. The Balaban J connectivity index is 1.38. The average Bonchev–Trinajstić information content (AvgIpc) is 3.49. The van der Waals surface area contributed by atoms with Gasteiger partial charge in [-0.15, -0.1) is 0 Å².